The van der Waals surface area contributed by atoms with E-state index in [9.17, 15) is 48.3 Å². The van der Waals surface area contributed by atoms with Gasteiger partial charge >= 0.3 is 5.97 Å². The summed E-state index contributed by atoms with van der Waals surface area (Å²) in [5, 5.41) is 26.8. The number of carboxylic acids is 1. The van der Waals surface area contributed by atoms with E-state index in [1.54, 1.807) is 27.7 Å². The fourth-order valence-corrected chi connectivity index (χ4v) is 5.11. The molecule has 0 aromatic rings. The number of nitrogens with one attached hydrogen (secondary N) is 7. The van der Waals surface area contributed by atoms with Crippen molar-refractivity contribution in [3.8, 4) is 0 Å². The molecule has 0 aliphatic carbocycles. The molecule has 58 heavy (non-hydrogen) atoms. The lowest BCUT2D eigenvalue weighted by atomic mass is 9.96. The quantitative estimate of drug-likeness (QED) is 0.0199. The molecule has 0 aromatic carbocycles. The molecule has 328 valence electrons. The normalized spacial score (nSPS) is 14.2. The Balaban J connectivity index is 6.47. The largest absolute Gasteiger partial charge is 0.481 e. The number of rotatable bonds is 28. The van der Waals surface area contributed by atoms with Gasteiger partial charge in [-0.05, 0) is 37.5 Å². The maximum Gasteiger partial charge on any atom is 0.305 e. The molecule has 0 fully saturated rings. The fourth-order valence-electron chi connectivity index (χ4n) is 5.11. The molecule has 0 aliphatic heterocycles. The zero-order valence-corrected chi connectivity index (χ0v) is 33.7. The van der Waals surface area contributed by atoms with Gasteiger partial charge in [0.15, 0.2) is 11.9 Å². The predicted octanol–water partition coefficient (Wildman–Crippen LogP) is -5.18. The number of hydrogen-bond donors (Lipinski definition) is 13. The summed E-state index contributed by atoms with van der Waals surface area (Å²) in [6.45, 7) is 7.15. The minimum Gasteiger partial charge on any atom is -0.481 e. The Bertz CT molecular complexity index is 1500. The molecule has 0 heterocycles. The number of carbonyl (C=O) groups is 9. The minimum absolute atomic E-state index is 0.00461. The van der Waals surface area contributed by atoms with Crippen molar-refractivity contribution < 1.29 is 48.3 Å². The highest BCUT2D eigenvalue weighted by Crippen LogP contribution is 2.12. The number of aliphatic imine (C=N–C) groups is 2. The zero-order valence-electron chi connectivity index (χ0n) is 33.7. The molecule has 0 bridgehead atoms. The van der Waals surface area contributed by atoms with Crippen LogP contribution in [0.2, 0.25) is 0 Å². The van der Waals surface area contributed by atoms with E-state index < -0.39 is 115 Å². The molecule has 0 rings (SSSR count). The third-order valence-electron chi connectivity index (χ3n) is 8.71. The average molecular weight is 827 g/mol. The molecular weight excluding hydrogens is 764 g/mol. The number of aliphatic carboxylic acids is 1. The van der Waals surface area contributed by atoms with Gasteiger partial charge in [0.05, 0.1) is 19.5 Å². The van der Waals surface area contributed by atoms with Crippen LogP contribution in [0.25, 0.3) is 0 Å². The smallest absolute Gasteiger partial charge is 0.305 e. The van der Waals surface area contributed by atoms with Crippen molar-refractivity contribution in [1.82, 2.24) is 37.2 Å². The van der Waals surface area contributed by atoms with Gasteiger partial charge in [-0.15, -0.1) is 0 Å². The van der Waals surface area contributed by atoms with E-state index >= 15 is 0 Å². The summed E-state index contributed by atoms with van der Waals surface area (Å²) in [6.07, 6.45) is 0.0319. The third kappa shape index (κ3) is 21.8. The molecule has 8 amide bonds. The third-order valence-corrected chi connectivity index (χ3v) is 8.71. The molecule has 0 radical (unpaired) electrons. The van der Waals surface area contributed by atoms with Gasteiger partial charge in [-0.3, -0.25) is 53.1 Å². The topological polar surface area (TPSA) is 413 Å². The van der Waals surface area contributed by atoms with E-state index in [1.807, 2.05) is 0 Å². The Hall–Kier alpha value is -6.23. The first kappa shape index (κ1) is 51.8. The summed E-state index contributed by atoms with van der Waals surface area (Å²) < 4.78 is 0. The number of carboxylic acid groups (broad SMARTS) is 1. The standard InChI is InChI=1S/C34H62N14O10/c1-6-17(3)26(31(57)43-15-23(35)50)47-29(55)21(11-9-13-41-34(38)39)45-30(56)22(14-25(52)53)46-32(58)27(18(4)7-2)48-28(54)20(10-8-12-40-33(36)37)44-24(51)16-42-19(5)49/h17-18,20-22,26-27H,6-16H2,1-5H3,(H2,35,50)(H,42,49)(H,43,57)(H,44,51)(H,45,56)(H,46,58)(H,47,55)(H,48,54)(H,52,53)(H4,36,37,40)(H4,38,39,41)/t17-,18-,20-,21-,22-,26-,27-/m0/s1. The molecule has 0 aromatic heterocycles. The molecule has 7 atom stereocenters. The van der Waals surface area contributed by atoms with E-state index in [2.05, 4.69) is 47.2 Å². The number of hydrogen-bond acceptors (Lipinski definition) is 11. The molecule has 18 N–H and O–H groups in total. The monoisotopic (exact) mass is 826 g/mol. The molecule has 24 heteroatoms. The van der Waals surface area contributed by atoms with Crippen LogP contribution in [0.5, 0.6) is 0 Å². The fraction of sp³-hybridized carbons (Fsp3) is 0.676. The minimum atomic E-state index is -1.78. The first-order chi connectivity index (χ1) is 27.1. The van der Waals surface area contributed by atoms with Gasteiger partial charge in [0, 0.05) is 20.0 Å². The second-order valence-corrected chi connectivity index (χ2v) is 13.6. The lowest BCUT2D eigenvalue weighted by Crippen LogP contribution is -2.61. The molecule has 24 nitrogen and oxygen atoms in total. The Morgan fingerprint density at radius 2 is 1.00 bits per heavy atom. The Morgan fingerprint density at radius 3 is 1.41 bits per heavy atom. The van der Waals surface area contributed by atoms with Crippen LogP contribution < -0.4 is 65.9 Å². The van der Waals surface area contributed by atoms with E-state index in [-0.39, 0.29) is 50.7 Å². The van der Waals surface area contributed by atoms with E-state index in [1.165, 1.54) is 6.92 Å². The lowest BCUT2D eigenvalue weighted by Gasteiger charge is -2.29. The summed E-state index contributed by atoms with van der Waals surface area (Å²) in [6, 6.07) is -6.95. The van der Waals surface area contributed by atoms with Gasteiger partial charge in [0.25, 0.3) is 0 Å². The van der Waals surface area contributed by atoms with Crippen molar-refractivity contribution in [3.63, 3.8) is 0 Å². The highest BCUT2D eigenvalue weighted by molar-refractivity contribution is 5.98. The predicted molar refractivity (Wildman–Crippen MR) is 212 cm³/mol. The second kappa shape index (κ2) is 27.4. The van der Waals surface area contributed by atoms with Gasteiger partial charge < -0.3 is 71.0 Å². The van der Waals surface area contributed by atoms with Crippen LogP contribution in [0, 0.1) is 11.8 Å². The Labute approximate surface area is 336 Å². The number of guanidine groups is 2. The summed E-state index contributed by atoms with van der Waals surface area (Å²) in [7, 11) is 0. The highest BCUT2D eigenvalue weighted by atomic mass is 16.4. The molecule has 0 saturated heterocycles. The summed E-state index contributed by atoms with van der Waals surface area (Å²) in [4.78, 5) is 122. The Morgan fingerprint density at radius 1 is 0.569 bits per heavy atom. The highest BCUT2D eigenvalue weighted by Gasteiger charge is 2.35. The van der Waals surface area contributed by atoms with Crippen LogP contribution in [-0.4, -0.2) is 127 Å². The van der Waals surface area contributed by atoms with Crippen LogP contribution >= 0.6 is 0 Å². The van der Waals surface area contributed by atoms with Gasteiger partial charge in [0.2, 0.25) is 47.3 Å². The Kier molecular flexibility index (Phi) is 24.4. The second-order valence-electron chi connectivity index (χ2n) is 13.6. The maximum absolute atomic E-state index is 13.8. The average Bonchev–Trinajstić information content (AvgIpc) is 3.14. The number of nitrogens with two attached hydrogens (primary N) is 5. The molecule has 0 aliphatic rings. The van der Waals surface area contributed by atoms with Crippen LogP contribution in [0.4, 0.5) is 0 Å². The summed E-state index contributed by atoms with van der Waals surface area (Å²) >= 11 is 0. The van der Waals surface area contributed by atoms with Crippen molar-refractivity contribution in [2.45, 2.75) is 110 Å². The lowest BCUT2D eigenvalue weighted by molar-refractivity contribution is -0.142. The van der Waals surface area contributed by atoms with Gasteiger partial charge in [-0.2, -0.15) is 0 Å². The van der Waals surface area contributed by atoms with Crippen molar-refractivity contribution in [2.75, 3.05) is 26.2 Å². The van der Waals surface area contributed by atoms with Crippen molar-refractivity contribution in [1.29, 1.82) is 0 Å². The van der Waals surface area contributed by atoms with Gasteiger partial charge in [0.1, 0.15) is 30.2 Å². The first-order valence-electron chi connectivity index (χ1n) is 18.8. The number of primary amides is 1. The number of amides is 8. The van der Waals surface area contributed by atoms with Crippen molar-refractivity contribution in [2.24, 2.45) is 50.5 Å². The van der Waals surface area contributed by atoms with Crippen LogP contribution in [0.15, 0.2) is 9.98 Å². The summed E-state index contributed by atoms with van der Waals surface area (Å²) in [5.41, 5.74) is 26.7. The number of carbonyl (C=O) groups excluding carboxylic acids is 8. The molecule has 0 spiro atoms. The van der Waals surface area contributed by atoms with Crippen molar-refractivity contribution in [3.05, 3.63) is 0 Å². The SMILES string of the molecule is CC[C@H](C)[C@H](NC(=O)[C@H](CCCN=C(N)N)NC(=O)[C@H](CC(=O)O)NC(=O)[C@@H](NC(=O)[C@H](CCCN=C(N)N)NC(=O)CNC(C)=O)[C@@H](C)CC)C(=O)NCC(N)=O. The van der Waals surface area contributed by atoms with Gasteiger partial charge in [-0.1, -0.05) is 40.5 Å². The molecule has 0 saturated carbocycles. The van der Waals surface area contributed by atoms with Crippen LogP contribution in [0.1, 0.15) is 79.6 Å². The molecule has 0 unspecified atom stereocenters. The molecular formula is C34H62N14O10. The zero-order chi connectivity index (χ0) is 44.5. The van der Waals surface area contributed by atoms with E-state index in [4.69, 9.17) is 28.7 Å². The summed E-state index contributed by atoms with van der Waals surface area (Å²) in [5.74, 6) is -9.42. The van der Waals surface area contributed by atoms with E-state index in [0.29, 0.717) is 12.8 Å². The van der Waals surface area contributed by atoms with Crippen LogP contribution in [0.3, 0.4) is 0 Å². The maximum atomic E-state index is 13.8. The number of nitrogens with zero attached hydrogens (tertiary/aromatic N) is 2. The van der Waals surface area contributed by atoms with Gasteiger partial charge in [-0.25, -0.2) is 0 Å². The van der Waals surface area contributed by atoms with Crippen molar-refractivity contribution >= 4 is 65.1 Å². The van der Waals surface area contributed by atoms with E-state index in [0.717, 1.165) is 0 Å². The first-order valence-corrected chi connectivity index (χ1v) is 18.8. The van der Waals surface area contributed by atoms with Crippen LogP contribution in [-0.2, 0) is 43.2 Å².